The molecule has 0 aliphatic heterocycles. The molecular weight excluding hydrogens is 494 g/mol. The first-order valence-corrected chi connectivity index (χ1v) is 11.9. The van der Waals surface area contributed by atoms with Crippen LogP contribution >= 0.6 is 46.4 Å². The van der Waals surface area contributed by atoms with Crippen molar-refractivity contribution in [3.63, 3.8) is 0 Å². The Hall–Kier alpha value is -1.66. The normalized spacial score (nSPS) is 11.7. The second-order valence-electron chi connectivity index (χ2n) is 7.19. The van der Waals surface area contributed by atoms with Crippen LogP contribution in [0.15, 0.2) is 36.4 Å². The third-order valence-corrected chi connectivity index (χ3v) is 5.93. The predicted molar refractivity (Wildman–Crippen MR) is 131 cm³/mol. The fourth-order valence-electron chi connectivity index (χ4n) is 3.07. The van der Waals surface area contributed by atoms with E-state index in [0.717, 1.165) is 12.8 Å². The summed E-state index contributed by atoms with van der Waals surface area (Å²) in [6.45, 7) is 4.27. The largest absolute Gasteiger partial charge is 0.482 e. The van der Waals surface area contributed by atoms with Crippen molar-refractivity contribution in [3.05, 3.63) is 62.1 Å². The summed E-state index contributed by atoms with van der Waals surface area (Å²) >= 11 is 24.4. The van der Waals surface area contributed by atoms with Crippen LogP contribution in [0, 0.1) is 0 Å². The molecule has 0 heterocycles. The number of halogens is 4. The molecule has 0 bridgehead atoms. The van der Waals surface area contributed by atoms with E-state index in [9.17, 15) is 9.59 Å². The van der Waals surface area contributed by atoms with Crippen LogP contribution in [-0.2, 0) is 16.1 Å². The molecule has 0 aliphatic carbocycles. The zero-order valence-corrected chi connectivity index (χ0v) is 21.0. The fraction of sp³-hybridized carbons (Fsp3) is 0.391. The average Bonchev–Trinajstić information content (AvgIpc) is 2.74. The Morgan fingerprint density at radius 1 is 1.00 bits per heavy atom. The van der Waals surface area contributed by atoms with Gasteiger partial charge >= 0.3 is 0 Å². The maximum Gasteiger partial charge on any atom is 0.261 e. The number of amides is 2. The van der Waals surface area contributed by atoms with E-state index in [2.05, 4.69) is 5.32 Å². The molecule has 2 aromatic carbocycles. The predicted octanol–water partition coefficient (Wildman–Crippen LogP) is 6.40. The smallest absolute Gasteiger partial charge is 0.261 e. The number of ether oxygens (including phenoxy) is 1. The first kappa shape index (κ1) is 26.6. The van der Waals surface area contributed by atoms with Crippen LogP contribution in [0.5, 0.6) is 5.75 Å². The molecular formula is C23H26Cl4N2O3. The van der Waals surface area contributed by atoms with Crippen LogP contribution in [0.3, 0.4) is 0 Å². The zero-order chi connectivity index (χ0) is 23.7. The van der Waals surface area contributed by atoms with Gasteiger partial charge in [0.25, 0.3) is 5.91 Å². The molecule has 1 N–H and O–H groups in total. The van der Waals surface area contributed by atoms with Crippen molar-refractivity contribution in [3.8, 4) is 5.75 Å². The van der Waals surface area contributed by atoms with Gasteiger partial charge in [-0.15, -0.1) is 0 Å². The van der Waals surface area contributed by atoms with Gasteiger partial charge in [-0.25, -0.2) is 0 Å². The Kier molecular flexibility index (Phi) is 10.9. The quantitative estimate of drug-likeness (QED) is 0.349. The summed E-state index contributed by atoms with van der Waals surface area (Å²) in [5, 5.41) is 4.56. The Balaban J connectivity index is 2.24. The van der Waals surface area contributed by atoms with Crippen molar-refractivity contribution in [2.45, 2.75) is 45.7 Å². The highest BCUT2D eigenvalue weighted by Gasteiger charge is 2.29. The number of hydrogen-bond acceptors (Lipinski definition) is 3. The topological polar surface area (TPSA) is 58.6 Å². The van der Waals surface area contributed by atoms with E-state index in [1.54, 1.807) is 30.3 Å². The molecule has 2 rings (SSSR count). The van der Waals surface area contributed by atoms with Crippen LogP contribution in [0.1, 0.15) is 38.7 Å². The zero-order valence-electron chi connectivity index (χ0n) is 18.0. The van der Waals surface area contributed by atoms with Gasteiger partial charge in [0.15, 0.2) is 6.61 Å². The molecule has 2 amide bonds. The Morgan fingerprint density at radius 3 is 2.25 bits per heavy atom. The van der Waals surface area contributed by atoms with Crippen molar-refractivity contribution in [1.29, 1.82) is 0 Å². The molecule has 0 saturated carbocycles. The third-order valence-electron chi connectivity index (χ3n) is 4.82. The summed E-state index contributed by atoms with van der Waals surface area (Å²) in [5.74, 6) is -0.266. The van der Waals surface area contributed by atoms with Gasteiger partial charge in [0.2, 0.25) is 5.91 Å². The maximum atomic E-state index is 13.2. The highest BCUT2D eigenvalue weighted by Crippen LogP contribution is 2.28. The van der Waals surface area contributed by atoms with Gasteiger partial charge in [0.05, 0.1) is 5.02 Å². The standard InChI is InChI=1S/C23H26Cl4N2O3/c1-3-5-10-28-23(31)20(4-2)29(13-15-6-7-16(24)11-18(15)26)22(30)14-32-21-9-8-17(25)12-19(21)27/h6-9,11-12,20H,3-5,10,13-14H2,1-2H3,(H,28,31)/t20-/m1/s1. The van der Waals surface area contributed by atoms with E-state index in [4.69, 9.17) is 51.1 Å². The van der Waals surface area contributed by atoms with Gasteiger partial charge < -0.3 is 15.0 Å². The first-order valence-electron chi connectivity index (χ1n) is 10.4. The number of carbonyl (C=O) groups is 2. The number of carbonyl (C=O) groups excluding carboxylic acids is 2. The van der Waals surface area contributed by atoms with E-state index in [0.29, 0.717) is 44.4 Å². The summed E-state index contributed by atoms with van der Waals surface area (Å²) in [6, 6.07) is 9.09. The van der Waals surface area contributed by atoms with Crippen LogP contribution in [-0.4, -0.2) is 35.9 Å². The van der Waals surface area contributed by atoms with Crippen LogP contribution in [0.4, 0.5) is 0 Å². The molecule has 0 unspecified atom stereocenters. The second-order valence-corrected chi connectivity index (χ2v) is 8.88. The summed E-state index contributed by atoms with van der Waals surface area (Å²) in [4.78, 5) is 27.5. The molecule has 0 aliphatic rings. The van der Waals surface area contributed by atoms with Gasteiger partial charge in [0.1, 0.15) is 11.8 Å². The van der Waals surface area contributed by atoms with Crippen molar-refractivity contribution in [1.82, 2.24) is 10.2 Å². The Labute approximate surface area is 208 Å². The van der Waals surface area contributed by atoms with Crippen molar-refractivity contribution < 1.29 is 14.3 Å². The second kappa shape index (κ2) is 13.1. The van der Waals surface area contributed by atoms with Crippen LogP contribution < -0.4 is 10.1 Å². The molecule has 0 spiro atoms. The molecule has 174 valence electrons. The minimum absolute atomic E-state index is 0.131. The fourth-order valence-corrected chi connectivity index (χ4v) is 4.01. The molecule has 2 aromatic rings. The first-order chi connectivity index (χ1) is 15.3. The molecule has 5 nitrogen and oxygen atoms in total. The number of hydrogen-bond donors (Lipinski definition) is 1. The summed E-state index contributed by atoms with van der Waals surface area (Å²) in [5.41, 5.74) is 0.675. The van der Waals surface area contributed by atoms with Gasteiger partial charge in [-0.2, -0.15) is 0 Å². The molecule has 0 saturated heterocycles. The van der Waals surface area contributed by atoms with Gasteiger partial charge in [-0.3, -0.25) is 9.59 Å². The Bertz CT molecular complexity index is 939. The lowest BCUT2D eigenvalue weighted by molar-refractivity contribution is -0.143. The number of benzene rings is 2. The highest BCUT2D eigenvalue weighted by molar-refractivity contribution is 6.35. The molecule has 0 radical (unpaired) electrons. The summed E-state index contributed by atoms with van der Waals surface area (Å²) < 4.78 is 5.63. The molecule has 32 heavy (non-hydrogen) atoms. The van der Waals surface area contributed by atoms with E-state index < -0.39 is 6.04 Å². The van der Waals surface area contributed by atoms with E-state index in [1.165, 1.54) is 11.0 Å². The summed E-state index contributed by atoms with van der Waals surface area (Å²) in [7, 11) is 0. The Morgan fingerprint density at radius 2 is 1.66 bits per heavy atom. The van der Waals surface area contributed by atoms with E-state index >= 15 is 0 Å². The molecule has 0 aromatic heterocycles. The van der Waals surface area contributed by atoms with Crippen molar-refractivity contribution >= 4 is 58.2 Å². The molecule has 9 heteroatoms. The molecule has 1 atom stereocenters. The third kappa shape index (κ3) is 7.73. The lowest BCUT2D eigenvalue weighted by Crippen LogP contribution is -2.50. The monoisotopic (exact) mass is 518 g/mol. The van der Waals surface area contributed by atoms with E-state index in [1.807, 2.05) is 13.8 Å². The lowest BCUT2D eigenvalue weighted by Gasteiger charge is -2.31. The minimum atomic E-state index is -0.685. The number of rotatable bonds is 11. The van der Waals surface area contributed by atoms with Gasteiger partial charge in [-0.05, 0) is 48.7 Å². The minimum Gasteiger partial charge on any atom is -0.482 e. The lowest BCUT2D eigenvalue weighted by atomic mass is 10.1. The number of nitrogens with zero attached hydrogens (tertiary/aromatic N) is 1. The number of unbranched alkanes of at least 4 members (excludes halogenated alkanes) is 1. The molecule has 0 fully saturated rings. The maximum absolute atomic E-state index is 13.2. The van der Waals surface area contributed by atoms with Crippen molar-refractivity contribution in [2.24, 2.45) is 0 Å². The van der Waals surface area contributed by atoms with Gasteiger partial charge in [0, 0.05) is 28.2 Å². The van der Waals surface area contributed by atoms with Crippen LogP contribution in [0.25, 0.3) is 0 Å². The van der Waals surface area contributed by atoms with E-state index in [-0.39, 0.29) is 25.0 Å². The number of nitrogens with one attached hydrogen (secondary N) is 1. The average molecular weight is 520 g/mol. The SMILES string of the molecule is CCCCNC(=O)[C@@H](CC)N(Cc1ccc(Cl)cc1Cl)C(=O)COc1ccc(Cl)cc1Cl. The van der Waals surface area contributed by atoms with Crippen LogP contribution in [0.2, 0.25) is 20.1 Å². The van der Waals surface area contributed by atoms with Gasteiger partial charge in [-0.1, -0.05) is 72.7 Å². The van der Waals surface area contributed by atoms with Crippen molar-refractivity contribution in [2.75, 3.05) is 13.2 Å². The highest BCUT2D eigenvalue weighted by atomic mass is 35.5. The summed E-state index contributed by atoms with van der Waals surface area (Å²) in [6.07, 6.45) is 2.24.